The first kappa shape index (κ1) is 20.9. The maximum absolute atomic E-state index is 13.1. The van der Waals surface area contributed by atoms with E-state index in [-0.39, 0.29) is 18.0 Å². The van der Waals surface area contributed by atoms with E-state index in [1.165, 1.54) is 10.9 Å². The second-order valence-corrected chi connectivity index (χ2v) is 7.98. The van der Waals surface area contributed by atoms with Crippen LogP contribution >= 0.6 is 11.6 Å². The molecule has 0 aliphatic carbocycles. The Morgan fingerprint density at radius 1 is 1.16 bits per heavy atom. The molecule has 6 nitrogen and oxygen atoms in total. The smallest absolute Gasteiger partial charge is 0.278 e. The van der Waals surface area contributed by atoms with Gasteiger partial charge in [0, 0.05) is 29.5 Å². The summed E-state index contributed by atoms with van der Waals surface area (Å²) in [4.78, 5) is 30.3. The summed E-state index contributed by atoms with van der Waals surface area (Å²) in [5.41, 5.74) is 5.40. The van der Waals surface area contributed by atoms with E-state index in [4.69, 9.17) is 11.6 Å². The maximum Gasteiger partial charge on any atom is 0.278 e. The zero-order valence-electron chi connectivity index (χ0n) is 17.6. The minimum Gasteiger partial charge on any atom is -0.344 e. The lowest BCUT2D eigenvalue weighted by atomic mass is 10.1. The average molecular weight is 435 g/mol. The van der Waals surface area contributed by atoms with Gasteiger partial charge in [0.25, 0.3) is 5.56 Å². The quantitative estimate of drug-likeness (QED) is 0.500. The first-order valence-electron chi connectivity index (χ1n) is 10.1. The molecular formula is C24H23ClN4O2. The van der Waals surface area contributed by atoms with Crippen LogP contribution in [0.15, 0.2) is 59.8 Å². The number of nitrogens with one attached hydrogen (secondary N) is 1. The molecule has 7 heteroatoms. The standard InChI is InChI=1S/C24H23ClN4O2/c1-4-16-7-5-6-15(2)21(16)27-20(30)13-29-14-26-22-19(12-28(3)23(22)24(29)31)17-8-10-18(25)11-9-17/h5-12,14H,4,13H2,1-3H3,(H,27,30). The van der Waals surface area contributed by atoms with Crippen LogP contribution in [-0.2, 0) is 24.8 Å². The molecule has 0 aliphatic rings. The number of amides is 1. The van der Waals surface area contributed by atoms with Crippen LogP contribution in [0.2, 0.25) is 5.02 Å². The molecule has 0 bridgehead atoms. The van der Waals surface area contributed by atoms with E-state index in [1.807, 2.05) is 50.4 Å². The molecular weight excluding hydrogens is 412 g/mol. The summed E-state index contributed by atoms with van der Waals surface area (Å²) in [7, 11) is 1.80. The van der Waals surface area contributed by atoms with Gasteiger partial charge in [-0.2, -0.15) is 0 Å². The minimum absolute atomic E-state index is 0.110. The molecule has 0 radical (unpaired) electrons. The molecule has 2 aromatic carbocycles. The number of hydrogen-bond donors (Lipinski definition) is 1. The molecule has 0 aliphatic heterocycles. The third kappa shape index (κ3) is 3.99. The normalized spacial score (nSPS) is 11.1. The van der Waals surface area contributed by atoms with Gasteiger partial charge in [0.15, 0.2) is 0 Å². The number of para-hydroxylation sites is 1. The van der Waals surface area contributed by atoms with E-state index in [2.05, 4.69) is 10.3 Å². The molecule has 2 heterocycles. The summed E-state index contributed by atoms with van der Waals surface area (Å²) >= 11 is 5.99. The van der Waals surface area contributed by atoms with Crippen LogP contribution in [0.1, 0.15) is 18.1 Å². The highest BCUT2D eigenvalue weighted by Gasteiger charge is 2.16. The summed E-state index contributed by atoms with van der Waals surface area (Å²) in [5.74, 6) is -0.264. The van der Waals surface area contributed by atoms with Gasteiger partial charge in [-0.3, -0.25) is 14.2 Å². The van der Waals surface area contributed by atoms with Gasteiger partial charge in [0.1, 0.15) is 17.6 Å². The molecule has 1 amide bonds. The minimum atomic E-state index is -0.264. The number of benzene rings is 2. The van der Waals surface area contributed by atoms with E-state index >= 15 is 0 Å². The Balaban J connectivity index is 1.66. The van der Waals surface area contributed by atoms with Gasteiger partial charge in [-0.1, -0.05) is 48.9 Å². The van der Waals surface area contributed by atoms with Crippen molar-refractivity contribution in [3.05, 3.63) is 81.5 Å². The van der Waals surface area contributed by atoms with Crippen molar-refractivity contribution in [2.45, 2.75) is 26.8 Å². The molecule has 2 aromatic heterocycles. The van der Waals surface area contributed by atoms with Crippen molar-refractivity contribution >= 4 is 34.2 Å². The van der Waals surface area contributed by atoms with Crippen LogP contribution in [0.25, 0.3) is 22.2 Å². The number of carbonyl (C=O) groups is 1. The molecule has 31 heavy (non-hydrogen) atoms. The maximum atomic E-state index is 13.1. The zero-order valence-corrected chi connectivity index (χ0v) is 18.4. The topological polar surface area (TPSA) is 68.9 Å². The van der Waals surface area contributed by atoms with Crippen LogP contribution in [0.3, 0.4) is 0 Å². The highest BCUT2D eigenvalue weighted by atomic mass is 35.5. The Bertz CT molecular complexity index is 1340. The van der Waals surface area contributed by atoms with Crippen LogP contribution in [0, 0.1) is 6.92 Å². The summed E-state index contributed by atoms with van der Waals surface area (Å²) in [6.45, 7) is 3.89. The van der Waals surface area contributed by atoms with Gasteiger partial charge in [-0.15, -0.1) is 0 Å². The summed E-state index contributed by atoms with van der Waals surface area (Å²) in [5, 5.41) is 3.60. The van der Waals surface area contributed by atoms with Crippen molar-refractivity contribution in [1.29, 1.82) is 0 Å². The first-order chi connectivity index (χ1) is 14.9. The number of anilines is 1. The number of rotatable bonds is 5. The van der Waals surface area contributed by atoms with Gasteiger partial charge < -0.3 is 9.88 Å². The van der Waals surface area contributed by atoms with Crippen molar-refractivity contribution < 1.29 is 4.79 Å². The summed E-state index contributed by atoms with van der Waals surface area (Å²) < 4.78 is 3.09. The van der Waals surface area contributed by atoms with Gasteiger partial charge >= 0.3 is 0 Å². The predicted octanol–water partition coefficient (Wildman–Crippen LogP) is 4.56. The fraction of sp³-hybridized carbons (Fsp3) is 0.208. The monoisotopic (exact) mass is 434 g/mol. The number of hydrogen-bond acceptors (Lipinski definition) is 3. The lowest BCUT2D eigenvalue weighted by Gasteiger charge is -2.13. The number of nitrogens with zero attached hydrogens (tertiary/aromatic N) is 3. The van der Waals surface area contributed by atoms with Crippen molar-refractivity contribution in [1.82, 2.24) is 14.1 Å². The van der Waals surface area contributed by atoms with Crippen molar-refractivity contribution in [2.24, 2.45) is 7.05 Å². The molecule has 0 atom stereocenters. The Morgan fingerprint density at radius 3 is 2.61 bits per heavy atom. The third-order valence-electron chi connectivity index (χ3n) is 5.42. The summed E-state index contributed by atoms with van der Waals surface area (Å²) in [6, 6.07) is 13.3. The molecule has 4 aromatic rings. The molecule has 1 N–H and O–H groups in total. The van der Waals surface area contributed by atoms with Crippen LogP contribution < -0.4 is 10.9 Å². The Kier molecular flexibility index (Phi) is 5.65. The average Bonchev–Trinajstić information content (AvgIpc) is 3.09. The Morgan fingerprint density at radius 2 is 1.90 bits per heavy atom. The SMILES string of the molecule is CCc1cccc(C)c1NC(=O)Cn1cnc2c(-c3ccc(Cl)cc3)cn(C)c2c1=O. The van der Waals surface area contributed by atoms with Gasteiger partial charge in [0.2, 0.25) is 5.91 Å². The molecule has 0 saturated heterocycles. The molecule has 158 valence electrons. The van der Waals surface area contributed by atoms with E-state index < -0.39 is 0 Å². The molecule has 0 unspecified atom stereocenters. The predicted molar refractivity (Wildman–Crippen MR) is 125 cm³/mol. The lowest BCUT2D eigenvalue weighted by Crippen LogP contribution is -2.29. The highest BCUT2D eigenvalue weighted by molar-refractivity contribution is 6.30. The van der Waals surface area contributed by atoms with Crippen molar-refractivity contribution in [2.75, 3.05) is 5.32 Å². The second-order valence-electron chi connectivity index (χ2n) is 7.55. The fourth-order valence-electron chi connectivity index (χ4n) is 3.80. The lowest BCUT2D eigenvalue weighted by molar-refractivity contribution is -0.116. The Hall–Kier alpha value is -3.38. The van der Waals surface area contributed by atoms with E-state index in [9.17, 15) is 9.59 Å². The van der Waals surface area contributed by atoms with Crippen LogP contribution in [-0.4, -0.2) is 20.0 Å². The number of carbonyl (C=O) groups excluding carboxylic acids is 1. The van der Waals surface area contributed by atoms with Crippen LogP contribution in [0.4, 0.5) is 5.69 Å². The van der Waals surface area contributed by atoms with E-state index in [1.54, 1.807) is 23.7 Å². The molecule has 0 spiro atoms. The highest BCUT2D eigenvalue weighted by Crippen LogP contribution is 2.28. The number of halogens is 1. The number of aryl methyl sites for hydroxylation is 3. The number of aromatic nitrogens is 3. The molecule has 0 saturated carbocycles. The van der Waals surface area contributed by atoms with Crippen molar-refractivity contribution in [3.8, 4) is 11.1 Å². The Labute approximate surface area is 185 Å². The number of fused-ring (bicyclic) bond motifs is 1. The van der Waals surface area contributed by atoms with Gasteiger partial charge in [-0.05, 0) is 42.2 Å². The second kappa shape index (κ2) is 8.40. The largest absolute Gasteiger partial charge is 0.344 e. The van der Waals surface area contributed by atoms with Gasteiger partial charge in [-0.25, -0.2) is 4.98 Å². The zero-order chi connectivity index (χ0) is 22.1. The van der Waals surface area contributed by atoms with Gasteiger partial charge in [0.05, 0.1) is 6.33 Å². The van der Waals surface area contributed by atoms with E-state index in [0.29, 0.717) is 16.1 Å². The molecule has 0 fully saturated rings. The summed E-state index contributed by atoms with van der Waals surface area (Å²) in [6.07, 6.45) is 4.11. The first-order valence-corrected chi connectivity index (χ1v) is 10.5. The fourth-order valence-corrected chi connectivity index (χ4v) is 3.93. The van der Waals surface area contributed by atoms with E-state index in [0.717, 1.165) is 34.4 Å². The molecule has 4 rings (SSSR count). The third-order valence-corrected chi connectivity index (χ3v) is 5.67. The van der Waals surface area contributed by atoms with Crippen LogP contribution in [0.5, 0.6) is 0 Å². The van der Waals surface area contributed by atoms with Crippen molar-refractivity contribution in [3.63, 3.8) is 0 Å².